The first-order valence-electron chi connectivity index (χ1n) is 8.68. The topological polar surface area (TPSA) is 60.5 Å². The van der Waals surface area contributed by atoms with Gasteiger partial charge in [0, 0.05) is 24.6 Å². The van der Waals surface area contributed by atoms with E-state index < -0.39 is 0 Å². The van der Waals surface area contributed by atoms with E-state index >= 15 is 0 Å². The molecule has 3 rings (SSSR count). The minimum atomic E-state index is -0.180. The fraction of sp³-hybridized carbons (Fsp3) is 0.400. The molecule has 1 saturated heterocycles. The van der Waals surface area contributed by atoms with Crippen molar-refractivity contribution in [3.63, 3.8) is 0 Å². The van der Waals surface area contributed by atoms with Crippen LogP contribution >= 0.6 is 0 Å². The minimum Gasteiger partial charge on any atom is -0.497 e. The number of aromatic nitrogens is 1. The highest BCUT2D eigenvalue weighted by Gasteiger charge is 2.32. The van der Waals surface area contributed by atoms with Gasteiger partial charge in [-0.15, -0.1) is 0 Å². The zero-order chi connectivity index (χ0) is 17.6. The summed E-state index contributed by atoms with van der Waals surface area (Å²) < 4.78 is 11.0. The molecule has 0 aliphatic carbocycles. The van der Waals surface area contributed by atoms with E-state index in [4.69, 9.17) is 9.47 Å². The molecule has 1 fully saturated rings. The van der Waals surface area contributed by atoms with Gasteiger partial charge in [-0.2, -0.15) is 0 Å². The number of hydrogen-bond acceptors (Lipinski definition) is 4. The van der Waals surface area contributed by atoms with Gasteiger partial charge in [-0.1, -0.05) is 25.1 Å². The Kier molecular flexibility index (Phi) is 5.66. The first kappa shape index (κ1) is 17.4. The summed E-state index contributed by atoms with van der Waals surface area (Å²) in [5.74, 6) is 0.651. The number of pyridine rings is 1. The van der Waals surface area contributed by atoms with E-state index in [-0.39, 0.29) is 24.0 Å². The van der Waals surface area contributed by atoms with Gasteiger partial charge in [-0.3, -0.25) is 9.78 Å². The Labute approximate surface area is 148 Å². The lowest BCUT2D eigenvalue weighted by molar-refractivity contribution is -0.123. The number of ether oxygens (including phenoxy) is 2. The number of nitrogens with zero attached hydrogens (tertiary/aromatic N) is 1. The first-order chi connectivity index (χ1) is 12.2. The molecule has 2 aromatic rings. The summed E-state index contributed by atoms with van der Waals surface area (Å²) >= 11 is 0. The highest BCUT2D eigenvalue weighted by Crippen LogP contribution is 2.30. The van der Waals surface area contributed by atoms with Crippen molar-refractivity contribution in [2.45, 2.75) is 37.8 Å². The molecule has 132 valence electrons. The van der Waals surface area contributed by atoms with Gasteiger partial charge in [0.2, 0.25) is 5.91 Å². The normalized spacial score (nSPS) is 20.9. The van der Waals surface area contributed by atoms with Crippen molar-refractivity contribution in [3.05, 3.63) is 59.9 Å². The molecule has 0 spiro atoms. The van der Waals surface area contributed by atoms with Crippen LogP contribution < -0.4 is 10.1 Å². The Morgan fingerprint density at radius 2 is 2.16 bits per heavy atom. The number of amides is 1. The van der Waals surface area contributed by atoms with E-state index in [0.29, 0.717) is 6.61 Å². The predicted octanol–water partition coefficient (Wildman–Crippen LogP) is 3.23. The lowest BCUT2D eigenvalue weighted by atomic mass is 9.94. The van der Waals surface area contributed by atoms with Crippen LogP contribution in [0.5, 0.6) is 5.75 Å². The Morgan fingerprint density at radius 1 is 1.36 bits per heavy atom. The number of methoxy groups -OCH3 is 1. The maximum atomic E-state index is 12.8. The van der Waals surface area contributed by atoms with E-state index in [2.05, 4.69) is 10.3 Å². The molecule has 2 heterocycles. The molecule has 1 N–H and O–H groups in total. The summed E-state index contributed by atoms with van der Waals surface area (Å²) in [6.07, 6.45) is 4.96. The molecule has 3 atom stereocenters. The third-order valence-corrected chi connectivity index (χ3v) is 4.68. The van der Waals surface area contributed by atoms with E-state index in [1.807, 2.05) is 43.3 Å². The zero-order valence-electron chi connectivity index (χ0n) is 14.6. The number of carbonyl (C=O) groups is 1. The SMILES string of the molecule is CC[C@@H](C(=O)N[C@H]1CCO[C@@H]1c1cccnc1)c1ccc(OC)cc1. The summed E-state index contributed by atoms with van der Waals surface area (Å²) in [5, 5.41) is 3.18. The molecule has 1 aromatic heterocycles. The van der Waals surface area contributed by atoms with Crippen LogP contribution in [0.15, 0.2) is 48.8 Å². The Bertz CT molecular complexity index is 688. The van der Waals surface area contributed by atoms with E-state index in [1.165, 1.54) is 0 Å². The molecular formula is C20H24N2O3. The fourth-order valence-corrected chi connectivity index (χ4v) is 3.30. The number of hydrogen-bond donors (Lipinski definition) is 1. The zero-order valence-corrected chi connectivity index (χ0v) is 14.6. The van der Waals surface area contributed by atoms with Gasteiger partial charge < -0.3 is 14.8 Å². The van der Waals surface area contributed by atoms with Crippen LogP contribution in [0.3, 0.4) is 0 Å². The van der Waals surface area contributed by atoms with Crippen LogP contribution in [-0.2, 0) is 9.53 Å². The van der Waals surface area contributed by atoms with Gasteiger partial charge in [0.05, 0.1) is 19.1 Å². The molecule has 25 heavy (non-hydrogen) atoms. The molecule has 1 amide bonds. The second kappa shape index (κ2) is 8.12. The van der Waals surface area contributed by atoms with Crippen molar-refractivity contribution in [3.8, 4) is 5.75 Å². The van der Waals surface area contributed by atoms with Gasteiger partial charge in [0.15, 0.2) is 0 Å². The Balaban J connectivity index is 1.70. The summed E-state index contributed by atoms with van der Waals surface area (Å²) in [4.78, 5) is 17.0. The van der Waals surface area contributed by atoms with Crippen molar-refractivity contribution >= 4 is 5.91 Å². The highest BCUT2D eigenvalue weighted by molar-refractivity contribution is 5.84. The fourth-order valence-electron chi connectivity index (χ4n) is 3.30. The van der Waals surface area contributed by atoms with Crippen molar-refractivity contribution in [2.75, 3.05) is 13.7 Å². The van der Waals surface area contributed by atoms with E-state index in [9.17, 15) is 4.79 Å². The summed E-state index contributed by atoms with van der Waals surface area (Å²) in [5.41, 5.74) is 2.00. The number of benzene rings is 1. The largest absolute Gasteiger partial charge is 0.497 e. The van der Waals surface area contributed by atoms with Gasteiger partial charge >= 0.3 is 0 Å². The molecule has 5 nitrogen and oxygen atoms in total. The molecule has 5 heteroatoms. The van der Waals surface area contributed by atoms with Crippen LogP contribution in [0.25, 0.3) is 0 Å². The van der Waals surface area contributed by atoms with Gasteiger partial charge in [0.25, 0.3) is 0 Å². The molecule has 1 aliphatic heterocycles. The average Bonchev–Trinajstić information content (AvgIpc) is 3.11. The number of carbonyl (C=O) groups excluding carboxylic acids is 1. The highest BCUT2D eigenvalue weighted by atomic mass is 16.5. The lowest BCUT2D eigenvalue weighted by Gasteiger charge is -2.23. The third kappa shape index (κ3) is 3.99. The second-order valence-electron chi connectivity index (χ2n) is 6.22. The van der Waals surface area contributed by atoms with Gasteiger partial charge in [0.1, 0.15) is 11.9 Å². The molecule has 0 unspecified atom stereocenters. The lowest BCUT2D eigenvalue weighted by Crippen LogP contribution is -2.39. The second-order valence-corrected chi connectivity index (χ2v) is 6.22. The van der Waals surface area contributed by atoms with Crippen molar-refractivity contribution < 1.29 is 14.3 Å². The van der Waals surface area contributed by atoms with E-state index in [1.54, 1.807) is 19.5 Å². The Hall–Kier alpha value is -2.40. The number of nitrogens with one attached hydrogen (secondary N) is 1. The monoisotopic (exact) mass is 340 g/mol. The van der Waals surface area contributed by atoms with E-state index in [0.717, 1.165) is 29.7 Å². The van der Waals surface area contributed by atoms with Crippen LogP contribution in [-0.4, -0.2) is 30.6 Å². The first-order valence-corrected chi connectivity index (χ1v) is 8.68. The predicted molar refractivity (Wildman–Crippen MR) is 95.5 cm³/mol. The molecule has 0 saturated carbocycles. The average molecular weight is 340 g/mol. The summed E-state index contributed by atoms with van der Waals surface area (Å²) in [6.45, 7) is 2.67. The van der Waals surface area contributed by atoms with Crippen LogP contribution in [0.1, 0.15) is 42.9 Å². The van der Waals surface area contributed by atoms with Crippen LogP contribution in [0.4, 0.5) is 0 Å². The molecule has 0 radical (unpaired) electrons. The third-order valence-electron chi connectivity index (χ3n) is 4.68. The van der Waals surface area contributed by atoms with Crippen molar-refractivity contribution in [1.82, 2.24) is 10.3 Å². The summed E-state index contributed by atoms with van der Waals surface area (Å²) in [7, 11) is 1.64. The van der Waals surface area contributed by atoms with Gasteiger partial charge in [-0.25, -0.2) is 0 Å². The summed E-state index contributed by atoms with van der Waals surface area (Å²) in [6, 6.07) is 11.5. The molecule has 1 aromatic carbocycles. The number of rotatable bonds is 6. The molecule has 1 aliphatic rings. The Morgan fingerprint density at radius 3 is 2.80 bits per heavy atom. The van der Waals surface area contributed by atoms with Crippen molar-refractivity contribution in [1.29, 1.82) is 0 Å². The smallest absolute Gasteiger partial charge is 0.227 e. The molecular weight excluding hydrogens is 316 g/mol. The maximum Gasteiger partial charge on any atom is 0.227 e. The minimum absolute atomic E-state index is 0.0241. The quantitative estimate of drug-likeness (QED) is 0.877. The van der Waals surface area contributed by atoms with Crippen LogP contribution in [0, 0.1) is 0 Å². The van der Waals surface area contributed by atoms with Gasteiger partial charge in [-0.05, 0) is 36.6 Å². The standard InChI is InChI=1S/C20H24N2O3/c1-3-17(14-6-8-16(24-2)9-7-14)20(23)22-18-10-12-25-19(18)15-5-4-11-21-13-15/h4-9,11,13,17-19H,3,10,12H2,1-2H3,(H,22,23)/t17-,18+,19-/m1/s1. The van der Waals surface area contributed by atoms with Crippen molar-refractivity contribution in [2.24, 2.45) is 0 Å². The maximum absolute atomic E-state index is 12.8. The van der Waals surface area contributed by atoms with Crippen LogP contribution in [0.2, 0.25) is 0 Å². The molecule has 0 bridgehead atoms.